The van der Waals surface area contributed by atoms with Gasteiger partial charge in [-0.25, -0.2) is 0 Å². The summed E-state index contributed by atoms with van der Waals surface area (Å²) in [4.78, 5) is 38.2. The number of amides is 3. The zero-order valence-corrected chi connectivity index (χ0v) is 14.4. The van der Waals surface area contributed by atoms with Crippen LogP contribution in [0.15, 0.2) is 18.2 Å². The molecular formula is C18H21ClN2O3. The average Bonchev–Trinajstić information content (AvgIpc) is 2.80. The van der Waals surface area contributed by atoms with Crippen LogP contribution in [0.25, 0.3) is 0 Å². The van der Waals surface area contributed by atoms with Crippen LogP contribution in [0.4, 0.5) is 5.69 Å². The summed E-state index contributed by atoms with van der Waals surface area (Å²) >= 11 is 5.90. The lowest BCUT2D eigenvalue weighted by molar-refractivity contribution is -0.140. The van der Waals surface area contributed by atoms with E-state index in [0.29, 0.717) is 10.7 Å². The number of aryl methyl sites for hydroxylation is 1. The number of hydrogen-bond donors (Lipinski definition) is 1. The van der Waals surface area contributed by atoms with E-state index >= 15 is 0 Å². The van der Waals surface area contributed by atoms with E-state index in [1.165, 1.54) is 4.90 Å². The number of halogens is 1. The van der Waals surface area contributed by atoms with Gasteiger partial charge in [0, 0.05) is 23.7 Å². The van der Waals surface area contributed by atoms with Crippen LogP contribution in [0.2, 0.25) is 5.02 Å². The molecule has 0 unspecified atom stereocenters. The lowest BCUT2D eigenvalue weighted by atomic mass is 9.81. The van der Waals surface area contributed by atoms with E-state index in [-0.39, 0.29) is 42.5 Å². The fraction of sp³-hybridized carbons (Fsp3) is 0.500. The smallest absolute Gasteiger partial charge is 0.233 e. The van der Waals surface area contributed by atoms with Gasteiger partial charge in [-0.2, -0.15) is 0 Å². The lowest BCUT2D eigenvalue weighted by Crippen LogP contribution is -2.34. The fourth-order valence-corrected chi connectivity index (χ4v) is 3.87. The maximum Gasteiger partial charge on any atom is 0.233 e. The maximum atomic E-state index is 12.4. The van der Waals surface area contributed by atoms with Crippen LogP contribution >= 0.6 is 11.6 Å². The van der Waals surface area contributed by atoms with Gasteiger partial charge in [-0.15, -0.1) is 0 Å². The highest BCUT2D eigenvalue weighted by Crippen LogP contribution is 2.38. The van der Waals surface area contributed by atoms with E-state index in [1.54, 1.807) is 18.2 Å². The molecule has 1 saturated carbocycles. The average molecular weight is 349 g/mol. The van der Waals surface area contributed by atoms with Crippen molar-refractivity contribution < 1.29 is 14.4 Å². The van der Waals surface area contributed by atoms with Crippen LogP contribution in [-0.4, -0.2) is 29.2 Å². The van der Waals surface area contributed by atoms with E-state index in [2.05, 4.69) is 5.32 Å². The Bertz CT molecular complexity index is 665. The number of carbonyl (C=O) groups excluding carboxylic acids is 3. The Morgan fingerprint density at radius 1 is 1.21 bits per heavy atom. The monoisotopic (exact) mass is 348 g/mol. The van der Waals surface area contributed by atoms with E-state index in [1.807, 2.05) is 6.92 Å². The van der Waals surface area contributed by atoms with E-state index in [0.717, 1.165) is 31.2 Å². The summed E-state index contributed by atoms with van der Waals surface area (Å²) in [6.45, 7) is 2.02. The van der Waals surface area contributed by atoms with Crippen molar-refractivity contribution in [2.24, 2.45) is 11.8 Å². The highest BCUT2D eigenvalue weighted by atomic mass is 35.5. The van der Waals surface area contributed by atoms with Crippen molar-refractivity contribution in [3.05, 3.63) is 28.8 Å². The molecule has 128 valence electrons. The third-order valence-corrected chi connectivity index (χ3v) is 5.19. The molecule has 3 rings (SSSR count). The van der Waals surface area contributed by atoms with Gasteiger partial charge < -0.3 is 5.32 Å². The van der Waals surface area contributed by atoms with Crippen LogP contribution < -0.4 is 5.32 Å². The van der Waals surface area contributed by atoms with Crippen LogP contribution in [-0.2, 0) is 14.4 Å². The molecule has 1 aliphatic carbocycles. The number of rotatable bonds is 4. The highest BCUT2D eigenvalue weighted by molar-refractivity contribution is 6.30. The first-order chi connectivity index (χ1) is 11.5. The van der Waals surface area contributed by atoms with Gasteiger partial charge in [-0.05, 0) is 43.5 Å². The van der Waals surface area contributed by atoms with Crippen molar-refractivity contribution >= 4 is 35.0 Å². The molecular weight excluding hydrogens is 328 g/mol. The number of benzene rings is 1. The summed E-state index contributed by atoms with van der Waals surface area (Å²) in [6, 6.07) is 5.23. The van der Waals surface area contributed by atoms with Crippen LogP contribution in [0.3, 0.4) is 0 Å². The first-order valence-electron chi connectivity index (χ1n) is 8.38. The maximum absolute atomic E-state index is 12.4. The van der Waals surface area contributed by atoms with E-state index < -0.39 is 0 Å². The summed E-state index contributed by atoms with van der Waals surface area (Å²) in [5.74, 6) is -0.725. The number of likely N-dealkylation sites (tertiary alicyclic amines) is 1. The molecule has 2 fully saturated rings. The van der Waals surface area contributed by atoms with Crippen molar-refractivity contribution in [1.82, 2.24) is 4.90 Å². The minimum atomic E-state index is -0.212. The topological polar surface area (TPSA) is 66.5 Å². The number of nitrogens with one attached hydrogen (secondary N) is 1. The summed E-state index contributed by atoms with van der Waals surface area (Å²) in [6.07, 6.45) is 3.71. The molecule has 0 spiro atoms. The molecule has 2 aliphatic rings. The number of carbonyl (C=O) groups is 3. The molecule has 3 amide bonds. The fourth-order valence-electron chi connectivity index (χ4n) is 3.64. The molecule has 0 bridgehead atoms. The summed E-state index contributed by atoms with van der Waals surface area (Å²) in [5, 5.41) is 3.42. The van der Waals surface area contributed by atoms with Crippen LogP contribution in [0.1, 0.15) is 37.7 Å². The minimum Gasteiger partial charge on any atom is -0.326 e. The molecule has 1 aliphatic heterocycles. The summed E-state index contributed by atoms with van der Waals surface area (Å²) < 4.78 is 0. The number of hydrogen-bond acceptors (Lipinski definition) is 3. The minimum absolute atomic E-state index is 0.0971. The van der Waals surface area contributed by atoms with Crippen molar-refractivity contribution in [2.45, 2.75) is 39.0 Å². The largest absolute Gasteiger partial charge is 0.326 e. The third-order valence-electron chi connectivity index (χ3n) is 4.96. The number of fused-ring (bicyclic) bond motifs is 1. The first kappa shape index (κ1) is 17.0. The van der Waals surface area contributed by atoms with Gasteiger partial charge in [0.15, 0.2) is 0 Å². The van der Waals surface area contributed by atoms with Gasteiger partial charge in [0.1, 0.15) is 0 Å². The van der Waals surface area contributed by atoms with Gasteiger partial charge in [0.25, 0.3) is 0 Å². The number of anilines is 1. The Hall–Kier alpha value is -1.88. The third kappa shape index (κ3) is 3.31. The second-order valence-corrected chi connectivity index (χ2v) is 7.02. The normalized spacial score (nSPS) is 23.3. The molecule has 6 heteroatoms. The molecule has 0 aromatic heterocycles. The Kier molecular flexibility index (Phi) is 4.90. The predicted octanol–water partition coefficient (Wildman–Crippen LogP) is 3.15. The molecule has 1 aromatic rings. The Balaban J connectivity index is 1.58. The zero-order chi connectivity index (χ0) is 17.3. The SMILES string of the molecule is Cc1cc(Cl)ccc1NC(=O)CCN1C(=O)[C@@H]2CCCC[C@H]2C1=O. The Morgan fingerprint density at radius 3 is 2.42 bits per heavy atom. The quantitative estimate of drug-likeness (QED) is 0.850. The van der Waals surface area contributed by atoms with Gasteiger partial charge in [0.05, 0.1) is 11.8 Å². The molecule has 1 saturated heterocycles. The number of imide groups is 1. The van der Waals surface area contributed by atoms with Gasteiger partial charge >= 0.3 is 0 Å². The van der Waals surface area contributed by atoms with E-state index in [9.17, 15) is 14.4 Å². The Morgan fingerprint density at radius 2 is 1.83 bits per heavy atom. The molecule has 24 heavy (non-hydrogen) atoms. The Labute approximate surface area is 146 Å². The summed E-state index contributed by atoms with van der Waals surface area (Å²) in [7, 11) is 0. The predicted molar refractivity (Wildman–Crippen MR) is 91.6 cm³/mol. The highest BCUT2D eigenvalue weighted by Gasteiger charge is 2.47. The van der Waals surface area contributed by atoms with Crippen molar-refractivity contribution in [3.8, 4) is 0 Å². The first-order valence-corrected chi connectivity index (χ1v) is 8.76. The molecule has 1 aromatic carbocycles. The van der Waals surface area contributed by atoms with Crippen molar-refractivity contribution in [3.63, 3.8) is 0 Å². The molecule has 1 heterocycles. The van der Waals surface area contributed by atoms with Crippen molar-refractivity contribution in [1.29, 1.82) is 0 Å². The lowest BCUT2D eigenvalue weighted by Gasteiger charge is -2.19. The zero-order valence-electron chi connectivity index (χ0n) is 13.7. The standard InChI is InChI=1S/C18H21ClN2O3/c1-11-10-12(19)6-7-15(11)20-16(22)8-9-21-17(23)13-4-2-3-5-14(13)18(21)24/h6-7,10,13-14H,2-5,8-9H2,1H3,(H,20,22)/t13-,14-/m1/s1. The van der Waals surface area contributed by atoms with Gasteiger partial charge in [-0.1, -0.05) is 24.4 Å². The second-order valence-electron chi connectivity index (χ2n) is 6.58. The second kappa shape index (κ2) is 6.93. The summed E-state index contributed by atoms with van der Waals surface area (Å²) in [5.41, 5.74) is 1.56. The molecule has 0 radical (unpaired) electrons. The molecule has 1 N–H and O–H groups in total. The van der Waals surface area contributed by atoms with Crippen LogP contribution in [0, 0.1) is 18.8 Å². The number of nitrogens with zero attached hydrogens (tertiary/aromatic N) is 1. The van der Waals surface area contributed by atoms with E-state index in [4.69, 9.17) is 11.6 Å². The van der Waals surface area contributed by atoms with Crippen molar-refractivity contribution in [2.75, 3.05) is 11.9 Å². The molecule has 2 atom stereocenters. The van der Waals surface area contributed by atoms with Gasteiger partial charge in [-0.3, -0.25) is 19.3 Å². The molecule has 5 nitrogen and oxygen atoms in total. The van der Waals surface area contributed by atoms with Crippen LogP contribution in [0.5, 0.6) is 0 Å². The van der Waals surface area contributed by atoms with Gasteiger partial charge in [0.2, 0.25) is 17.7 Å².